The number of hydrogen-bond donors (Lipinski definition) is 1. The summed E-state index contributed by atoms with van der Waals surface area (Å²) in [6.07, 6.45) is -5.42. The average molecular weight is 465 g/mol. The minimum absolute atomic E-state index is 0.337. The zero-order valence-electron chi connectivity index (χ0n) is 15.8. The summed E-state index contributed by atoms with van der Waals surface area (Å²) in [7, 11) is 0. The molecule has 0 saturated carbocycles. The lowest BCUT2D eigenvalue weighted by Crippen LogP contribution is -2.38. The van der Waals surface area contributed by atoms with Crippen molar-refractivity contribution in [1.82, 2.24) is 9.88 Å². The van der Waals surface area contributed by atoms with E-state index in [0.29, 0.717) is 38.5 Å². The molecule has 0 spiro atoms. The van der Waals surface area contributed by atoms with Gasteiger partial charge in [0.2, 0.25) is 0 Å². The normalized spacial score (nSPS) is 13.4. The molecule has 0 aliphatic heterocycles. The summed E-state index contributed by atoms with van der Waals surface area (Å²) in [5.41, 5.74) is -1.32. The topological polar surface area (TPSA) is 77.4 Å². The van der Waals surface area contributed by atoms with E-state index in [1.807, 2.05) is 0 Å². The number of carbonyl (C=O) groups is 2. The molecule has 1 N–H and O–H groups in total. The van der Waals surface area contributed by atoms with E-state index >= 15 is 0 Å². The molecule has 6 nitrogen and oxygen atoms in total. The van der Waals surface area contributed by atoms with E-state index in [1.54, 1.807) is 19.1 Å². The van der Waals surface area contributed by atoms with E-state index in [0.717, 1.165) is 0 Å². The Balaban J connectivity index is 2.00. The number of ether oxygens (including phenoxy) is 1. The summed E-state index contributed by atoms with van der Waals surface area (Å²) < 4.78 is 43.8. The van der Waals surface area contributed by atoms with Gasteiger partial charge in [0.15, 0.2) is 6.10 Å². The summed E-state index contributed by atoms with van der Waals surface area (Å²) in [5.74, 6) is -1.70. The molecule has 1 aromatic heterocycles. The van der Waals surface area contributed by atoms with E-state index in [1.165, 1.54) is 13.0 Å². The number of alkyl halides is 3. The molecule has 0 aliphatic rings. The number of amides is 1. The Bertz CT molecular complexity index is 1010. The second-order valence-electron chi connectivity index (χ2n) is 6.41. The van der Waals surface area contributed by atoms with Gasteiger partial charge in [0.25, 0.3) is 11.5 Å². The molecule has 1 aromatic carbocycles. The Morgan fingerprint density at radius 3 is 2.43 bits per heavy atom. The molecule has 30 heavy (non-hydrogen) atoms. The Labute approximate surface area is 179 Å². The predicted molar refractivity (Wildman–Crippen MR) is 104 cm³/mol. The number of aromatic nitrogens is 1. The van der Waals surface area contributed by atoms with Crippen molar-refractivity contribution in [3.8, 4) is 0 Å². The van der Waals surface area contributed by atoms with Crippen LogP contribution in [-0.2, 0) is 27.0 Å². The molecule has 2 rings (SSSR count). The van der Waals surface area contributed by atoms with E-state index in [4.69, 9.17) is 27.9 Å². The van der Waals surface area contributed by atoms with E-state index in [9.17, 15) is 27.6 Å². The molecule has 0 bridgehead atoms. The number of nitrogens with one attached hydrogen (secondary N) is 1. The largest absolute Gasteiger partial charge is 0.451 e. The van der Waals surface area contributed by atoms with Gasteiger partial charge in [0.05, 0.1) is 11.6 Å². The first kappa shape index (κ1) is 23.8. The number of nitrogens with zero attached hydrogens (tertiary/aromatic N) is 1. The molecule has 1 heterocycles. The third-order valence-corrected chi connectivity index (χ3v) is 4.64. The van der Waals surface area contributed by atoms with Gasteiger partial charge in [-0.3, -0.25) is 14.4 Å². The third-order valence-electron chi connectivity index (χ3n) is 4.08. The van der Waals surface area contributed by atoms with E-state index in [2.05, 4.69) is 5.32 Å². The van der Waals surface area contributed by atoms with Gasteiger partial charge in [-0.2, -0.15) is 13.2 Å². The van der Waals surface area contributed by atoms with Crippen LogP contribution < -0.4 is 10.9 Å². The van der Waals surface area contributed by atoms with Crippen LogP contribution >= 0.6 is 23.2 Å². The second kappa shape index (κ2) is 9.53. The van der Waals surface area contributed by atoms with Crippen LogP contribution in [0.3, 0.4) is 0 Å². The van der Waals surface area contributed by atoms with Crippen molar-refractivity contribution in [2.75, 3.05) is 0 Å². The van der Waals surface area contributed by atoms with Crippen LogP contribution in [0.2, 0.25) is 10.0 Å². The summed E-state index contributed by atoms with van der Waals surface area (Å²) in [5, 5.41) is 3.37. The van der Waals surface area contributed by atoms with Crippen LogP contribution in [-0.4, -0.2) is 22.5 Å². The molecule has 0 radical (unpaired) electrons. The van der Waals surface area contributed by atoms with Crippen LogP contribution in [0, 0.1) is 0 Å². The number of benzene rings is 1. The molecule has 1 amide bonds. The standard InChI is InChI=1S/C19H17Cl2F3N2O4/c1-10(14-5-4-13(20)7-15(14)21)25-18(29)11(2)30-17(28)9-26-8-12(19(22,23)24)3-6-16(26)27/h3-8,10-11H,9H2,1-2H3,(H,25,29)/t10-,11-/m0/s1. The highest BCUT2D eigenvalue weighted by Crippen LogP contribution is 2.28. The molecule has 0 aliphatic carbocycles. The predicted octanol–water partition coefficient (Wildman–Crippen LogP) is 3.98. The fourth-order valence-corrected chi connectivity index (χ4v) is 3.08. The summed E-state index contributed by atoms with van der Waals surface area (Å²) in [6, 6.07) is 5.52. The van der Waals surface area contributed by atoms with Gasteiger partial charge in [0.1, 0.15) is 6.54 Å². The number of esters is 1. The minimum Gasteiger partial charge on any atom is -0.451 e. The highest BCUT2D eigenvalue weighted by Gasteiger charge is 2.31. The highest BCUT2D eigenvalue weighted by atomic mass is 35.5. The van der Waals surface area contributed by atoms with Gasteiger partial charge in [-0.15, -0.1) is 0 Å². The summed E-state index contributed by atoms with van der Waals surface area (Å²) >= 11 is 11.9. The molecular formula is C19H17Cl2F3N2O4. The number of rotatable bonds is 6. The van der Waals surface area contributed by atoms with Crippen molar-refractivity contribution in [2.24, 2.45) is 0 Å². The van der Waals surface area contributed by atoms with Crippen LogP contribution in [0.25, 0.3) is 0 Å². The van der Waals surface area contributed by atoms with Gasteiger partial charge in [-0.05, 0) is 37.6 Å². The van der Waals surface area contributed by atoms with Crippen molar-refractivity contribution < 1.29 is 27.5 Å². The van der Waals surface area contributed by atoms with Crippen molar-refractivity contribution in [1.29, 1.82) is 0 Å². The fraction of sp³-hybridized carbons (Fsp3) is 0.316. The zero-order chi connectivity index (χ0) is 22.6. The van der Waals surface area contributed by atoms with Gasteiger partial charge in [-0.1, -0.05) is 29.3 Å². The quantitative estimate of drug-likeness (QED) is 0.655. The third kappa shape index (κ3) is 6.24. The van der Waals surface area contributed by atoms with Gasteiger partial charge in [0, 0.05) is 22.3 Å². The number of halogens is 5. The van der Waals surface area contributed by atoms with Crippen molar-refractivity contribution in [2.45, 2.75) is 38.7 Å². The first-order valence-corrected chi connectivity index (χ1v) is 9.36. The lowest BCUT2D eigenvalue weighted by Gasteiger charge is -2.19. The summed E-state index contributed by atoms with van der Waals surface area (Å²) in [6.45, 7) is 2.17. The molecular weight excluding hydrogens is 448 g/mol. The first-order valence-electron chi connectivity index (χ1n) is 8.61. The Morgan fingerprint density at radius 1 is 1.17 bits per heavy atom. The second-order valence-corrected chi connectivity index (χ2v) is 7.25. The SMILES string of the molecule is C[C@H](OC(=O)Cn1cc(C(F)(F)F)ccc1=O)C(=O)N[C@@H](C)c1ccc(Cl)cc1Cl. The van der Waals surface area contributed by atoms with Crippen LogP contribution in [0.5, 0.6) is 0 Å². The first-order chi connectivity index (χ1) is 13.9. The smallest absolute Gasteiger partial charge is 0.417 e. The van der Waals surface area contributed by atoms with Crippen LogP contribution in [0.1, 0.15) is 31.0 Å². The summed E-state index contributed by atoms with van der Waals surface area (Å²) in [4.78, 5) is 36.0. The molecule has 0 saturated heterocycles. The molecule has 162 valence electrons. The molecule has 0 unspecified atom stereocenters. The number of hydrogen-bond acceptors (Lipinski definition) is 4. The molecule has 2 aromatic rings. The maximum absolute atomic E-state index is 12.8. The fourth-order valence-electron chi connectivity index (χ4n) is 2.51. The maximum Gasteiger partial charge on any atom is 0.417 e. The lowest BCUT2D eigenvalue weighted by atomic mass is 10.1. The molecule has 0 fully saturated rings. The average Bonchev–Trinajstić information content (AvgIpc) is 2.62. The maximum atomic E-state index is 12.8. The molecule has 11 heteroatoms. The van der Waals surface area contributed by atoms with Gasteiger partial charge < -0.3 is 14.6 Å². The highest BCUT2D eigenvalue weighted by molar-refractivity contribution is 6.35. The van der Waals surface area contributed by atoms with Crippen LogP contribution in [0.4, 0.5) is 13.2 Å². The Morgan fingerprint density at radius 2 is 1.83 bits per heavy atom. The van der Waals surface area contributed by atoms with E-state index in [-0.39, 0.29) is 0 Å². The Hall–Kier alpha value is -2.52. The van der Waals surface area contributed by atoms with Crippen molar-refractivity contribution >= 4 is 35.1 Å². The number of carbonyl (C=O) groups excluding carboxylic acids is 2. The van der Waals surface area contributed by atoms with Gasteiger partial charge in [-0.25, -0.2) is 0 Å². The minimum atomic E-state index is -4.67. The zero-order valence-corrected chi connectivity index (χ0v) is 17.3. The van der Waals surface area contributed by atoms with Crippen LogP contribution in [0.15, 0.2) is 41.3 Å². The Kier molecular flexibility index (Phi) is 7.54. The monoisotopic (exact) mass is 464 g/mol. The van der Waals surface area contributed by atoms with Crippen molar-refractivity contribution in [3.63, 3.8) is 0 Å². The lowest BCUT2D eigenvalue weighted by molar-refractivity contribution is -0.155. The van der Waals surface area contributed by atoms with Crippen molar-refractivity contribution in [3.05, 3.63) is 68.1 Å². The number of pyridine rings is 1. The molecule has 2 atom stereocenters. The van der Waals surface area contributed by atoms with Gasteiger partial charge >= 0.3 is 12.1 Å². The van der Waals surface area contributed by atoms with E-state index < -0.39 is 47.9 Å².